The average Bonchev–Trinajstić information content (AvgIpc) is 2.47. The Morgan fingerprint density at radius 2 is 2.05 bits per heavy atom. The lowest BCUT2D eigenvalue weighted by Crippen LogP contribution is -2.16. The quantitative estimate of drug-likeness (QED) is 0.806. The molecule has 3 heteroatoms. The smallest absolute Gasteiger partial charge is 0.122 e. The number of halogens is 1. The van der Waals surface area contributed by atoms with Crippen molar-refractivity contribution in [3.63, 3.8) is 0 Å². The third kappa shape index (κ3) is 2.99. The molecule has 0 radical (unpaired) electrons. The zero-order valence-electron chi connectivity index (χ0n) is 11.1. The second kappa shape index (κ2) is 6.14. The fourth-order valence-corrected chi connectivity index (χ4v) is 3.35. The summed E-state index contributed by atoms with van der Waals surface area (Å²) in [6.07, 6.45) is 1.30. The SMILES string of the molecule is OC(CC1CCOc2ccccc21)c1cccc(I)c1. The maximum absolute atomic E-state index is 10.5. The molecule has 0 aliphatic carbocycles. The number of para-hydroxylation sites is 1. The zero-order valence-corrected chi connectivity index (χ0v) is 13.3. The molecule has 0 bridgehead atoms. The Morgan fingerprint density at radius 1 is 1.20 bits per heavy atom. The number of ether oxygens (including phenoxy) is 1. The van der Waals surface area contributed by atoms with Crippen LogP contribution in [0.1, 0.15) is 36.0 Å². The normalized spacial score (nSPS) is 19.0. The Balaban J connectivity index is 1.79. The van der Waals surface area contributed by atoms with Crippen LogP contribution in [0.5, 0.6) is 5.75 Å². The van der Waals surface area contributed by atoms with E-state index in [2.05, 4.69) is 34.7 Å². The third-order valence-corrected chi connectivity index (χ3v) is 4.49. The molecule has 0 fully saturated rings. The Bertz CT molecular complexity index is 597. The molecule has 104 valence electrons. The largest absolute Gasteiger partial charge is 0.493 e. The number of hydrogen-bond acceptors (Lipinski definition) is 2. The molecule has 2 aromatic rings. The predicted molar refractivity (Wildman–Crippen MR) is 88.0 cm³/mol. The van der Waals surface area contributed by atoms with E-state index in [4.69, 9.17) is 4.74 Å². The second-order valence-corrected chi connectivity index (χ2v) is 6.42. The standard InChI is InChI=1S/C17H17IO2/c18-14-5-3-4-13(10-14)16(19)11-12-8-9-20-17-7-2-1-6-15(12)17/h1-7,10,12,16,19H,8-9,11H2. The van der Waals surface area contributed by atoms with Gasteiger partial charge in [-0.2, -0.15) is 0 Å². The Morgan fingerprint density at radius 3 is 2.90 bits per heavy atom. The first kappa shape index (κ1) is 13.9. The van der Waals surface area contributed by atoms with E-state index in [1.54, 1.807) is 0 Å². The average molecular weight is 380 g/mol. The lowest BCUT2D eigenvalue weighted by Gasteiger charge is -2.27. The molecule has 0 saturated heterocycles. The summed E-state index contributed by atoms with van der Waals surface area (Å²) in [5.41, 5.74) is 2.23. The molecule has 2 unspecified atom stereocenters. The number of aliphatic hydroxyl groups excluding tert-OH is 1. The molecule has 2 aromatic carbocycles. The van der Waals surface area contributed by atoms with Gasteiger partial charge in [0, 0.05) is 3.57 Å². The number of rotatable bonds is 3. The lowest BCUT2D eigenvalue weighted by atomic mass is 9.86. The van der Waals surface area contributed by atoms with Crippen LogP contribution in [0.4, 0.5) is 0 Å². The summed E-state index contributed by atoms with van der Waals surface area (Å²) < 4.78 is 6.84. The highest BCUT2D eigenvalue weighted by Crippen LogP contribution is 2.38. The van der Waals surface area contributed by atoms with Gasteiger partial charge in [0.2, 0.25) is 0 Å². The van der Waals surface area contributed by atoms with E-state index in [0.717, 1.165) is 34.3 Å². The molecule has 0 spiro atoms. The Labute approximate surface area is 132 Å². The van der Waals surface area contributed by atoms with E-state index in [1.807, 2.05) is 36.4 Å². The number of aliphatic hydroxyl groups is 1. The molecule has 3 rings (SSSR count). The van der Waals surface area contributed by atoms with Gasteiger partial charge in [-0.25, -0.2) is 0 Å². The van der Waals surface area contributed by atoms with Gasteiger partial charge in [-0.3, -0.25) is 0 Å². The molecule has 2 nitrogen and oxygen atoms in total. The molecule has 2 atom stereocenters. The van der Waals surface area contributed by atoms with Crippen LogP contribution in [-0.2, 0) is 0 Å². The highest BCUT2D eigenvalue weighted by atomic mass is 127. The maximum Gasteiger partial charge on any atom is 0.122 e. The van der Waals surface area contributed by atoms with Crippen molar-refractivity contribution in [1.82, 2.24) is 0 Å². The van der Waals surface area contributed by atoms with Gasteiger partial charge in [0.25, 0.3) is 0 Å². The van der Waals surface area contributed by atoms with Gasteiger partial charge in [-0.15, -0.1) is 0 Å². The molecule has 1 heterocycles. The molecular formula is C17H17IO2. The lowest BCUT2D eigenvalue weighted by molar-refractivity contribution is 0.145. The molecule has 0 amide bonds. The molecule has 0 aromatic heterocycles. The van der Waals surface area contributed by atoms with Crippen molar-refractivity contribution in [3.05, 3.63) is 63.2 Å². The topological polar surface area (TPSA) is 29.5 Å². The van der Waals surface area contributed by atoms with Gasteiger partial charge in [0.15, 0.2) is 0 Å². The van der Waals surface area contributed by atoms with Crippen LogP contribution in [0.2, 0.25) is 0 Å². The number of hydrogen-bond donors (Lipinski definition) is 1. The molecule has 1 aliphatic heterocycles. The van der Waals surface area contributed by atoms with E-state index < -0.39 is 6.10 Å². The van der Waals surface area contributed by atoms with Crippen molar-refractivity contribution in [2.75, 3.05) is 6.61 Å². The van der Waals surface area contributed by atoms with Gasteiger partial charge in [-0.05, 0) is 70.7 Å². The third-order valence-electron chi connectivity index (χ3n) is 3.82. The molecule has 1 N–H and O–H groups in total. The van der Waals surface area contributed by atoms with E-state index in [1.165, 1.54) is 5.56 Å². The van der Waals surface area contributed by atoms with Gasteiger partial charge in [0.1, 0.15) is 5.75 Å². The van der Waals surface area contributed by atoms with Crippen molar-refractivity contribution in [2.45, 2.75) is 24.9 Å². The van der Waals surface area contributed by atoms with Crippen molar-refractivity contribution in [2.24, 2.45) is 0 Å². The first-order chi connectivity index (χ1) is 9.74. The maximum atomic E-state index is 10.5. The highest BCUT2D eigenvalue weighted by Gasteiger charge is 2.24. The van der Waals surface area contributed by atoms with Crippen molar-refractivity contribution < 1.29 is 9.84 Å². The molecule has 0 saturated carbocycles. The monoisotopic (exact) mass is 380 g/mol. The second-order valence-electron chi connectivity index (χ2n) is 5.18. The highest BCUT2D eigenvalue weighted by molar-refractivity contribution is 14.1. The van der Waals surface area contributed by atoms with Crippen LogP contribution in [0.15, 0.2) is 48.5 Å². The summed E-state index contributed by atoms with van der Waals surface area (Å²) in [4.78, 5) is 0. The first-order valence-electron chi connectivity index (χ1n) is 6.89. The van der Waals surface area contributed by atoms with E-state index in [0.29, 0.717) is 5.92 Å². The van der Waals surface area contributed by atoms with Crippen LogP contribution >= 0.6 is 22.6 Å². The summed E-state index contributed by atoms with van der Waals surface area (Å²) in [6.45, 7) is 0.737. The van der Waals surface area contributed by atoms with Gasteiger partial charge in [0.05, 0.1) is 12.7 Å². The minimum Gasteiger partial charge on any atom is -0.493 e. The summed E-state index contributed by atoms with van der Waals surface area (Å²) in [5, 5.41) is 10.5. The van der Waals surface area contributed by atoms with Crippen LogP contribution in [-0.4, -0.2) is 11.7 Å². The van der Waals surface area contributed by atoms with Crippen LogP contribution < -0.4 is 4.74 Å². The van der Waals surface area contributed by atoms with Gasteiger partial charge < -0.3 is 9.84 Å². The van der Waals surface area contributed by atoms with Crippen LogP contribution in [0.25, 0.3) is 0 Å². The first-order valence-corrected chi connectivity index (χ1v) is 7.97. The van der Waals surface area contributed by atoms with E-state index >= 15 is 0 Å². The van der Waals surface area contributed by atoms with Crippen molar-refractivity contribution in [3.8, 4) is 5.75 Å². The Hall–Kier alpha value is -1.07. The van der Waals surface area contributed by atoms with Gasteiger partial charge in [-0.1, -0.05) is 30.3 Å². The number of benzene rings is 2. The van der Waals surface area contributed by atoms with E-state index in [9.17, 15) is 5.11 Å². The summed E-state index contributed by atoms with van der Waals surface area (Å²) in [7, 11) is 0. The van der Waals surface area contributed by atoms with Crippen LogP contribution in [0.3, 0.4) is 0 Å². The molecular weight excluding hydrogens is 363 g/mol. The summed E-state index contributed by atoms with van der Waals surface area (Å²) in [5.74, 6) is 1.34. The minimum absolute atomic E-state index is 0.368. The van der Waals surface area contributed by atoms with Crippen LogP contribution in [0, 0.1) is 3.57 Å². The van der Waals surface area contributed by atoms with Gasteiger partial charge >= 0.3 is 0 Å². The summed E-state index contributed by atoms with van der Waals surface area (Å²) in [6, 6.07) is 16.3. The predicted octanol–water partition coefficient (Wildman–Crippen LogP) is 4.28. The summed E-state index contributed by atoms with van der Waals surface area (Å²) >= 11 is 2.28. The fourth-order valence-electron chi connectivity index (χ4n) is 2.78. The van der Waals surface area contributed by atoms with Crippen molar-refractivity contribution >= 4 is 22.6 Å². The molecule has 1 aliphatic rings. The number of fused-ring (bicyclic) bond motifs is 1. The molecule has 20 heavy (non-hydrogen) atoms. The van der Waals surface area contributed by atoms with E-state index in [-0.39, 0.29) is 0 Å². The minimum atomic E-state index is -0.416. The Kier molecular flexibility index (Phi) is 4.27. The zero-order chi connectivity index (χ0) is 13.9. The van der Waals surface area contributed by atoms with Crippen molar-refractivity contribution in [1.29, 1.82) is 0 Å². The fraction of sp³-hybridized carbons (Fsp3) is 0.294.